The minimum Gasteiger partial charge on any atom is -0.480 e. The fourth-order valence-electron chi connectivity index (χ4n) is 1.25. The normalized spacial score (nSPS) is 14.7. The number of benzene rings is 1. The summed E-state index contributed by atoms with van der Waals surface area (Å²) in [6.07, 6.45) is 1.50. The molecule has 1 aromatic rings. The van der Waals surface area contributed by atoms with Crippen molar-refractivity contribution in [3.63, 3.8) is 0 Å². The van der Waals surface area contributed by atoms with Crippen LogP contribution in [0, 0.1) is 11.6 Å². The summed E-state index contributed by atoms with van der Waals surface area (Å²) in [6, 6.07) is 3.31. The van der Waals surface area contributed by atoms with Crippen LogP contribution < -0.4 is 0 Å². The van der Waals surface area contributed by atoms with Crippen molar-refractivity contribution < 1.29 is 18.7 Å². The number of carbonyl (C=O) groups is 1. The first kappa shape index (κ1) is 12.0. The fourth-order valence-corrected chi connectivity index (χ4v) is 1.82. The van der Waals surface area contributed by atoms with Crippen molar-refractivity contribution >= 4 is 17.7 Å². The van der Waals surface area contributed by atoms with Crippen LogP contribution in [0.25, 0.3) is 0 Å². The summed E-state index contributed by atoms with van der Waals surface area (Å²) in [5, 5.41) is 8.98. The summed E-state index contributed by atoms with van der Waals surface area (Å²) in [7, 11) is 0. The Balaban J connectivity index is 3.42. The van der Waals surface area contributed by atoms with Gasteiger partial charge in [0.05, 0.1) is 5.56 Å². The Morgan fingerprint density at radius 2 is 1.87 bits per heavy atom. The highest BCUT2D eigenvalue weighted by atomic mass is 32.2. The molecule has 1 N–H and O–H groups in total. The molecule has 2 nitrogen and oxygen atoms in total. The van der Waals surface area contributed by atoms with Gasteiger partial charge in [-0.15, -0.1) is 11.8 Å². The van der Waals surface area contributed by atoms with Gasteiger partial charge in [0.2, 0.25) is 0 Å². The molecular weight excluding hydrogens is 222 g/mol. The Kier molecular flexibility index (Phi) is 3.34. The zero-order valence-electron chi connectivity index (χ0n) is 8.25. The van der Waals surface area contributed by atoms with Gasteiger partial charge in [0.15, 0.2) is 0 Å². The minimum absolute atomic E-state index is 0.412. The number of hydrogen-bond donors (Lipinski definition) is 1. The van der Waals surface area contributed by atoms with Crippen LogP contribution in [0.5, 0.6) is 0 Å². The maximum atomic E-state index is 13.4. The van der Waals surface area contributed by atoms with Gasteiger partial charge < -0.3 is 5.11 Å². The molecule has 0 bridgehead atoms. The van der Waals surface area contributed by atoms with Crippen molar-refractivity contribution in [3.05, 3.63) is 35.4 Å². The van der Waals surface area contributed by atoms with Crippen molar-refractivity contribution in [2.75, 3.05) is 6.26 Å². The maximum Gasteiger partial charge on any atom is 0.324 e. The van der Waals surface area contributed by atoms with Crippen molar-refractivity contribution in [1.29, 1.82) is 0 Å². The summed E-state index contributed by atoms with van der Waals surface area (Å²) in [4.78, 5) is 11.0. The van der Waals surface area contributed by atoms with Gasteiger partial charge in [-0.2, -0.15) is 0 Å². The van der Waals surface area contributed by atoms with Gasteiger partial charge in [-0.3, -0.25) is 4.79 Å². The third-order valence-electron chi connectivity index (χ3n) is 2.26. The van der Waals surface area contributed by atoms with E-state index in [1.807, 2.05) is 0 Å². The summed E-state index contributed by atoms with van der Waals surface area (Å²) >= 11 is 0.882. The third kappa shape index (κ3) is 1.97. The average molecular weight is 232 g/mol. The molecular formula is C10H10F2O2S. The Bertz CT molecular complexity index is 375. The predicted octanol–water partition coefficient (Wildman–Crippen LogP) is 2.63. The van der Waals surface area contributed by atoms with Crippen LogP contribution in [-0.4, -0.2) is 17.3 Å². The number of thioether (sulfide) groups is 1. The lowest BCUT2D eigenvalue weighted by Gasteiger charge is -2.23. The second-order valence-electron chi connectivity index (χ2n) is 3.14. The number of hydrogen-bond acceptors (Lipinski definition) is 2. The molecule has 1 unspecified atom stereocenters. The fraction of sp³-hybridized carbons (Fsp3) is 0.300. The van der Waals surface area contributed by atoms with E-state index < -0.39 is 27.9 Å². The molecule has 1 aromatic carbocycles. The average Bonchev–Trinajstić information content (AvgIpc) is 2.16. The number of carboxylic acid groups (broad SMARTS) is 1. The largest absolute Gasteiger partial charge is 0.480 e. The summed E-state index contributed by atoms with van der Waals surface area (Å²) in [5.41, 5.74) is -0.412. The molecule has 0 aliphatic carbocycles. The van der Waals surface area contributed by atoms with Gasteiger partial charge in [0.1, 0.15) is 16.4 Å². The standard InChI is InChI=1S/C10H10F2O2S/c1-10(15-2,9(13)14)8-6(11)4-3-5-7(8)12/h3-5H,1-2H3,(H,13,14). The van der Waals surface area contributed by atoms with Crippen LogP contribution in [0.3, 0.4) is 0 Å². The van der Waals surface area contributed by atoms with Gasteiger partial charge in [-0.05, 0) is 25.3 Å². The van der Waals surface area contributed by atoms with E-state index in [9.17, 15) is 13.6 Å². The topological polar surface area (TPSA) is 37.3 Å². The molecule has 1 atom stereocenters. The Morgan fingerprint density at radius 1 is 1.40 bits per heavy atom. The maximum absolute atomic E-state index is 13.4. The van der Waals surface area contributed by atoms with E-state index in [4.69, 9.17) is 5.11 Å². The molecule has 5 heteroatoms. The lowest BCUT2D eigenvalue weighted by molar-refractivity contribution is -0.139. The van der Waals surface area contributed by atoms with Crippen LogP contribution in [0.2, 0.25) is 0 Å². The third-order valence-corrected chi connectivity index (χ3v) is 3.45. The smallest absolute Gasteiger partial charge is 0.324 e. The van der Waals surface area contributed by atoms with Crippen LogP contribution in [0.4, 0.5) is 8.78 Å². The predicted molar refractivity (Wildman–Crippen MR) is 54.9 cm³/mol. The lowest BCUT2D eigenvalue weighted by atomic mass is 9.99. The number of halogens is 2. The van der Waals surface area contributed by atoms with Gasteiger partial charge in [-0.1, -0.05) is 6.07 Å². The Hall–Kier alpha value is -1.10. The molecule has 0 aromatic heterocycles. The summed E-state index contributed by atoms with van der Waals surface area (Å²) in [5.74, 6) is -2.94. The van der Waals surface area contributed by atoms with Crippen LogP contribution in [0.1, 0.15) is 12.5 Å². The highest BCUT2D eigenvalue weighted by molar-refractivity contribution is 8.00. The first-order chi connectivity index (χ1) is 6.93. The molecule has 0 saturated carbocycles. The monoisotopic (exact) mass is 232 g/mol. The van der Waals surface area contributed by atoms with E-state index in [1.54, 1.807) is 0 Å². The van der Waals surface area contributed by atoms with E-state index >= 15 is 0 Å². The van der Waals surface area contributed by atoms with Crippen LogP contribution in [0.15, 0.2) is 18.2 Å². The Morgan fingerprint density at radius 3 is 2.20 bits per heavy atom. The second kappa shape index (κ2) is 4.18. The molecule has 0 radical (unpaired) electrons. The van der Waals surface area contributed by atoms with Crippen LogP contribution >= 0.6 is 11.8 Å². The SMILES string of the molecule is CSC(C)(C(=O)O)c1c(F)cccc1F. The highest BCUT2D eigenvalue weighted by Crippen LogP contribution is 2.37. The van der Waals surface area contributed by atoms with Crippen LogP contribution in [-0.2, 0) is 9.54 Å². The van der Waals surface area contributed by atoms with Gasteiger partial charge in [0, 0.05) is 0 Å². The zero-order valence-corrected chi connectivity index (χ0v) is 9.07. The van der Waals surface area contributed by atoms with E-state index in [0.717, 1.165) is 23.9 Å². The lowest BCUT2D eigenvalue weighted by Crippen LogP contribution is -2.30. The minimum atomic E-state index is -1.60. The number of carboxylic acids is 1. The number of aliphatic carboxylic acids is 1. The first-order valence-corrected chi connectivity index (χ1v) is 5.39. The van der Waals surface area contributed by atoms with Gasteiger partial charge in [0.25, 0.3) is 0 Å². The molecule has 0 spiro atoms. The second-order valence-corrected chi connectivity index (χ2v) is 4.36. The first-order valence-electron chi connectivity index (χ1n) is 4.16. The summed E-state index contributed by atoms with van der Waals surface area (Å²) in [6.45, 7) is 1.28. The van der Waals surface area contributed by atoms with Gasteiger partial charge in [-0.25, -0.2) is 8.78 Å². The number of rotatable bonds is 3. The zero-order chi connectivity index (χ0) is 11.6. The quantitative estimate of drug-likeness (QED) is 0.870. The highest BCUT2D eigenvalue weighted by Gasteiger charge is 2.39. The molecule has 0 saturated heterocycles. The summed E-state index contributed by atoms with van der Waals surface area (Å²) < 4.78 is 25.2. The van der Waals surface area contributed by atoms with Crippen molar-refractivity contribution in [1.82, 2.24) is 0 Å². The molecule has 1 rings (SSSR count). The molecule has 0 amide bonds. The molecule has 0 aliphatic heterocycles. The van der Waals surface area contributed by atoms with Gasteiger partial charge >= 0.3 is 5.97 Å². The molecule has 0 aliphatic rings. The van der Waals surface area contributed by atoms with E-state index in [1.165, 1.54) is 19.2 Å². The Labute approximate surface area is 90.3 Å². The molecule has 15 heavy (non-hydrogen) atoms. The van der Waals surface area contributed by atoms with Crippen molar-refractivity contribution in [2.24, 2.45) is 0 Å². The van der Waals surface area contributed by atoms with Crippen molar-refractivity contribution in [3.8, 4) is 0 Å². The van der Waals surface area contributed by atoms with Crippen molar-refractivity contribution in [2.45, 2.75) is 11.7 Å². The van der Waals surface area contributed by atoms with E-state index in [0.29, 0.717) is 0 Å². The molecule has 0 fully saturated rings. The molecule has 0 heterocycles. The van der Waals surface area contributed by atoms with E-state index in [2.05, 4.69) is 0 Å². The van der Waals surface area contributed by atoms with E-state index in [-0.39, 0.29) is 0 Å². The molecule has 82 valence electrons.